The van der Waals surface area contributed by atoms with E-state index in [4.69, 9.17) is 5.73 Å². The molecule has 1 aromatic rings. The highest BCUT2D eigenvalue weighted by Gasteiger charge is 2.28. The number of urea groups is 1. The third-order valence-corrected chi connectivity index (χ3v) is 3.61. The maximum Gasteiger partial charge on any atom is 0.322 e. The number of piperidine rings is 1. The maximum absolute atomic E-state index is 12.8. The second-order valence-corrected chi connectivity index (χ2v) is 5.15. The molecule has 0 saturated carbocycles. The lowest BCUT2D eigenvalue weighted by atomic mass is 9.93. The maximum atomic E-state index is 12.8. The quantitative estimate of drug-likeness (QED) is 0.862. The Morgan fingerprint density at radius 2 is 2.16 bits per heavy atom. The number of likely N-dealkylation sites (tertiary alicyclic amines) is 1. The first-order valence-corrected chi connectivity index (χ1v) is 6.63. The first-order chi connectivity index (χ1) is 9.10. The molecule has 0 radical (unpaired) electrons. The molecule has 5 heteroatoms. The number of nitrogens with zero attached hydrogens (tertiary/aromatic N) is 1. The molecule has 2 amide bonds. The summed E-state index contributed by atoms with van der Waals surface area (Å²) < 4.78 is 12.8. The largest absolute Gasteiger partial charge is 0.328 e. The topological polar surface area (TPSA) is 58.4 Å². The first-order valence-electron chi connectivity index (χ1n) is 6.63. The van der Waals surface area contributed by atoms with Crippen molar-refractivity contribution in [3.8, 4) is 0 Å². The predicted molar refractivity (Wildman–Crippen MR) is 73.4 cm³/mol. The second kappa shape index (κ2) is 6.02. The molecule has 0 bridgehead atoms. The van der Waals surface area contributed by atoms with Crippen molar-refractivity contribution >= 4 is 11.7 Å². The number of anilines is 1. The number of nitrogens with two attached hydrogens (primary N) is 1. The number of benzene rings is 1. The third kappa shape index (κ3) is 3.44. The number of carbonyl (C=O) groups excluding carboxylic acids is 1. The molecule has 2 rings (SSSR count). The zero-order chi connectivity index (χ0) is 13.8. The van der Waals surface area contributed by atoms with Crippen molar-refractivity contribution in [3.05, 3.63) is 30.1 Å². The van der Waals surface area contributed by atoms with Gasteiger partial charge in [0.15, 0.2) is 0 Å². The normalized spacial score (nSPS) is 23.2. The van der Waals surface area contributed by atoms with Gasteiger partial charge in [-0.25, -0.2) is 9.18 Å². The summed E-state index contributed by atoms with van der Waals surface area (Å²) in [7, 11) is 0. The van der Waals surface area contributed by atoms with Crippen molar-refractivity contribution in [1.29, 1.82) is 0 Å². The van der Waals surface area contributed by atoms with Crippen LogP contribution in [0.25, 0.3) is 0 Å². The molecular weight excluding hydrogens is 245 g/mol. The van der Waals surface area contributed by atoms with Crippen LogP contribution in [0.4, 0.5) is 14.9 Å². The van der Waals surface area contributed by atoms with E-state index in [1.165, 1.54) is 12.1 Å². The second-order valence-electron chi connectivity index (χ2n) is 5.15. The lowest BCUT2D eigenvalue weighted by Crippen LogP contribution is -2.50. The van der Waals surface area contributed by atoms with Crippen molar-refractivity contribution in [3.63, 3.8) is 0 Å². The molecule has 0 spiro atoms. The van der Waals surface area contributed by atoms with Gasteiger partial charge >= 0.3 is 6.03 Å². The molecule has 2 unspecified atom stereocenters. The van der Waals surface area contributed by atoms with Crippen LogP contribution in [0.3, 0.4) is 0 Å². The van der Waals surface area contributed by atoms with E-state index in [9.17, 15) is 9.18 Å². The summed E-state index contributed by atoms with van der Waals surface area (Å²) in [5, 5.41) is 2.78. The van der Waals surface area contributed by atoms with Gasteiger partial charge in [0, 0.05) is 24.8 Å². The predicted octanol–water partition coefficient (Wildman–Crippen LogP) is 2.42. The van der Waals surface area contributed by atoms with E-state index >= 15 is 0 Å². The molecule has 1 aliphatic rings. The average molecular weight is 265 g/mol. The lowest BCUT2D eigenvalue weighted by Gasteiger charge is -2.37. The van der Waals surface area contributed by atoms with Crippen LogP contribution in [-0.4, -0.2) is 30.1 Å². The van der Waals surface area contributed by atoms with E-state index in [0.29, 0.717) is 18.2 Å². The van der Waals surface area contributed by atoms with Gasteiger partial charge in [0.1, 0.15) is 5.82 Å². The molecule has 3 N–H and O–H groups in total. The Morgan fingerprint density at radius 3 is 2.79 bits per heavy atom. The van der Waals surface area contributed by atoms with Crippen LogP contribution in [-0.2, 0) is 0 Å². The van der Waals surface area contributed by atoms with E-state index in [1.54, 1.807) is 17.0 Å². The molecule has 1 heterocycles. The van der Waals surface area contributed by atoms with Crippen molar-refractivity contribution in [2.24, 2.45) is 11.7 Å². The molecule has 19 heavy (non-hydrogen) atoms. The highest BCUT2D eigenvalue weighted by Crippen LogP contribution is 2.22. The fourth-order valence-corrected chi connectivity index (χ4v) is 2.47. The van der Waals surface area contributed by atoms with E-state index in [-0.39, 0.29) is 17.9 Å². The summed E-state index contributed by atoms with van der Waals surface area (Å²) in [5.74, 6) is 0.285. The molecule has 4 nitrogen and oxygen atoms in total. The van der Waals surface area contributed by atoms with Crippen LogP contribution >= 0.6 is 0 Å². The highest BCUT2D eigenvalue weighted by molar-refractivity contribution is 5.89. The zero-order valence-corrected chi connectivity index (χ0v) is 11.1. The summed E-state index contributed by atoms with van der Waals surface area (Å²) in [4.78, 5) is 14.0. The van der Waals surface area contributed by atoms with Crippen LogP contribution in [0.2, 0.25) is 0 Å². The number of halogens is 1. The van der Waals surface area contributed by atoms with Crippen LogP contribution in [0.15, 0.2) is 24.3 Å². The summed E-state index contributed by atoms with van der Waals surface area (Å²) in [6, 6.07) is 5.69. The van der Waals surface area contributed by atoms with Crippen molar-refractivity contribution in [2.45, 2.75) is 25.8 Å². The van der Waals surface area contributed by atoms with Gasteiger partial charge in [-0.3, -0.25) is 0 Å². The highest BCUT2D eigenvalue weighted by atomic mass is 19.1. The molecule has 1 aromatic carbocycles. The van der Waals surface area contributed by atoms with Crippen LogP contribution in [0.1, 0.15) is 19.8 Å². The number of amides is 2. The fraction of sp³-hybridized carbons (Fsp3) is 0.500. The smallest absolute Gasteiger partial charge is 0.322 e. The Balaban J connectivity index is 2.00. The van der Waals surface area contributed by atoms with Crippen LogP contribution < -0.4 is 11.1 Å². The molecule has 0 aliphatic carbocycles. The van der Waals surface area contributed by atoms with Crippen molar-refractivity contribution in [2.75, 3.05) is 18.4 Å². The SMILES string of the molecule is CC1CCN(C(=O)Nc2ccc(F)cc2)C(CN)C1. The van der Waals surface area contributed by atoms with Gasteiger partial charge in [0.25, 0.3) is 0 Å². The first kappa shape index (κ1) is 13.8. The van der Waals surface area contributed by atoms with E-state index in [2.05, 4.69) is 12.2 Å². The van der Waals surface area contributed by atoms with Gasteiger partial charge in [-0.2, -0.15) is 0 Å². The van der Waals surface area contributed by atoms with Gasteiger partial charge in [0.2, 0.25) is 0 Å². The zero-order valence-electron chi connectivity index (χ0n) is 11.1. The van der Waals surface area contributed by atoms with Gasteiger partial charge in [0.05, 0.1) is 0 Å². The molecule has 1 aliphatic heterocycles. The number of rotatable bonds is 2. The van der Waals surface area contributed by atoms with Crippen molar-refractivity contribution < 1.29 is 9.18 Å². The van der Waals surface area contributed by atoms with E-state index in [0.717, 1.165) is 19.4 Å². The third-order valence-electron chi connectivity index (χ3n) is 3.61. The number of hydrogen-bond donors (Lipinski definition) is 2. The minimum Gasteiger partial charge on any atom is -0.328 e. The number of carbonyl (C=O) groups is 1. The molecule has 0 aromatic heterocycles. The van der Waals surface area contributed by atoms with Gasteiger partial charge in [-0.05, 0) is 43.0 Å². The Hall–Kier alpha value is -1.62. The van der Waals surface area contributed by atoms with Gasteiger partial charge in [-0.15, -0.1) is 0 Å². The molecule has 1 saturated heterocycles. The Labute approximate surface area is 112 Å². The summed E-state index contributed by atoms with van der Waals surface area (Å²) in [5.41, 5.74) is 6.33. The molecule has 1 fully saturated rings. The lowest BCUT2D eigenvalue weighted by molar-refractivity contribution is 0.145. The molecular formula is C14H20FN3O. The van der Waals surface area contributed by atoms with Crippen LogP contribution in [0.5, 0.6) is 0 Å². The van der Waals surface area contributed by atoms with Gasteiger partial charge < -0.3 is 16.0 Å². The summed E-state index contributed by atoms with van der Waals surface area (Å²) in [6.07, 6.45) is 1.93. The fourth-order valence-electron chi connectivity index (χ4n) is 2.47. The Morgan fingerprint density at radius 1 is 1.47 bits per heavy atom. The Kier molecular flexibility index (Phi) is 4.37. The van der Waals surface area contributed by atoms with Crippen molar-refractivity contribution in [1.82, 2.24) is 4.90 Å². The average Bonchev–Trinajstić information content (AvgIpc) is 2.41. The minimum atomic E-state index is -0.315. The number of nitrogens with one attached hydrogen (secondary N) is 1. The summed E-state index contributed by atoms with van der Waals surface area (Å²) >= 11 is 0. The van der Waals surface area contributed by atoms with Crippen LogP contribution in [0, 0.1) is 11.7 Å². The molecule has 104 valence electrons. The van der Waals surface area contributed by atoms with Gasteiger partial charge in [-0.1, -0.05) is 6.92 Å². The number of hydrogen-bond acceptors (Lipinski definition) is 2. The molecule has 2 atom stereocenters. The van der Waals surface area contributed by atoms with E-state index < -0.39 is 0 Å². The minimum absolute atomic E-state index is 0.0872. The standard InChI is InChI=1S/C14H20FN3O/c1-10-6-7-18(13(8-10)9-16)14(19)17-12-4-2-11(15)3-5-12/h2-5,10,13H,6-9,16H2,1H3,(H,17,19). The monoisotopic (exact) mass is 265 g/mol. The summed E-state index contributed by atoms with van der Waals surface area (Å²) in [6.45, 7) is 3.37. The van der Waals surface area contributed by atoms with E-state index in [1.807, 2.05) is 0 Å². The Bertz CT molecular complexity index is 435.